The number of rotatable bonds is 15. The first-order valence-electron chi connectivity index (χ1n) is 11.6. The average molecular weight is 504 g/mol. The predicted octanol–water partition coefficient (Wildman–Crippen LogP) is -0.813. The Labute approximate surface area is 207 Å². The number of carbonyl (C=O) groups excluding carboxylic acids is 2. The van der Waals surface area contributed by atoms with Crippen molar-refractivity contribution in [3.05, 3.63) is 52.1 Å². The number of nitrogens with two attached hydrogens (primary N) is 2. The van der Waals surface area contributed by atoms with E-state index in [-0.39, 0.29) is 24.6 Å². The Hall–Kier alpha value is -4.29. The third-order valence-corrected chi connectivity index (χ3v) is 5.27. The van der Waals surface area contributed by atoms with Crippen molar-refractivity contribution < 1.29 is 24.6 Å². The Morgan fingerprint density at radius 3 is 2.47 bits per heavy atom. The maximum absolute atomic E-state index is 12.5. The Bertz CT molecular complexity index is 1110. The number of imidazole rings is 1. The molecule has 0 unspecified atom stereocenters. The third-order valence-electron chi connectivity index (χ3n) is 5.27. The van der Waals surface area contributed by atoms with Crippen LogP contribution in [0.4, 0.5) is 0 Å². The topological polar surface area (TPSA) is 218 Å². The number of aliphatic carboxylic acids is 1. The van der Waals surface area contributed by atoms with Crippen molar-refractivity contribution in [1.29, 1.82) is 0 Å². The molecule has 13 nitrogen and oxygen atoms in total. The molecule has 0 saturated heterocycles. The van der Waals surface area contributed by atoms with Gasteiger partial charge in [-0.25, -0.2) is 4.79 Å². The van der Waals surface area contributed by atoms with E-state index in [0.29, 0.717) is 19.4 Å². The van der Waals surface area contributed by atoms with Crippen molar-refractivity contribution in [2.45, 2.75) is 51.1 Å². The lowest BCUT2D eigenvalue weighted by Crippen LogP contribution is -2.49. The second kappa shape index (κ2) is 14.2. The van der Waals surface area contributed by atoms with E-state index in [0.717, 1.165) is 17.4 Å². The molecule has 0 bridgehead atoms. The summed E-state index contributed by atoms with van der Waals surface area (Å²) in [6, 6.07) is 8.53. The molecule has 9 N–H and O–H groups in total. The van der Waals surface area contributed by atoms with Crippen molar-refractivity contribution in [3.63, 3.8) is 0 Å². The van der Waals surface area contributed by atoms with E-state index in [1.54, 1.807) is 0 Å². The molecule has 0 fully saturated rings. The first kappa shape index (κ1) is 28.0. The molecule has 1 aromatic heterocycles. The minimum absolute atomic E-state index is 0.0749. The van der Waals surface area contributed by atoms with Crippen LogP contribution in [0, 0.1) is 0 Å². The summed E-state index contributed by atoms with van der Waals surface area (Å²) >= 11 is 0. The molecule has 0 aliphatic rings. The maximum atomic E-state index is 12.5. The summed E-state index contributed by atoms with van der Waals surface area (Å²) in [6.07, 6.45) is 2.39. The Morgan fingerprint density at radius 2 is 1.81 bits per heavy atom. The lowest BCUT2D eigenvalue weighted by Gasteiger charge is -2.17. The van der Waals surface area contributed by atoms with Gasteiger partial charge in [0.1, 0.15) is 12.6 Å². The molecular weight excluding hydrogens is 470 g/mol. The number of H-pyrrole nitrogens is 1. The highest BCUT2D eigenvalue weighted by molar-refractivity contribution is 5.90. The fourth-order valence-electron chi connectivity index (χ4n) is 3.50. The van der Waals surface area contributed by atoms with Crippen molar-refractivity contribution in [1.82, 2.24) is 20.2 Å². The number of carboxylic acids is 1. The van der Waals surface area contributed by atoms with Crippen molar-refractivity contribution >= 4 is 23.7 Å². The molecule has 0 aliphatic heterocycles. The number of hydrogen-bond acceptors (Lipinski definition) is 6. The number of carbonyl (C=O) groups is 3. The van der Waals surface area contributed by atoms with Crippen LogP contribution >= 0.6 is 0 Å². The predicted molar refractivity (Wildman–Crippen MR) is 132 cm³/mol. The van der Waals surface area contributed by atoms with E-state index in [9.17, 15) is 24.3 Å². The van der Waals surface area contributed by atoms with Gasteiger partial charge < -0.3 is 37.3 Å². The molecule has 1 heterocycles. The number of guanidine groups is 1. The zero-order valence-corrected chi connectivity index (χ0v) is 19.9. The number of aromatic hydroxyl groups is 1. The van der Waals surface area contributed by atoms with Crippen LogP contribution in [-0.4, -0.2) is 62.6 Å². The fraction of sp³-hybridized carbons (Fsp3) is 0.435. The number of aliphatic imine (C=N–C) groups is 1. The van der Waals surface area contributed by atoms with Crippen LogP contribution in [0.15, 0.2) is 40.1 Å². The van der Waals surface area contributed by atoms with Gasteiger partial charge in [-0.2, -0.15) is 0 Å². The van der Waals surface area contributed by atoms with Gasteiger partial charge in [0.2, 0.25) is 17.7 Å². The standard InChI is InChI=1S/C23H33N7O6/c24-22(25)27-12-6-10-16-21(35)30(23(36)29-16)14-18(31)28-17(13-19(32)33)20(34)26-11-5-4-9-15-7-2-1-3-8-15/h1-3,7-8,17,35H,4-6,9-14H2,(H,26,34)(H,28,31)(H,29,36)(H,32,33)(H4,24,25,27)/t17-/m0/s1. The van der Waals surface area contributed by atoms with E-state index >= 15 is 0 Å². The molecule has 0 saturated carbocycles. The van der Waals surface area contributed by atoms with E-state index in [1.807, 2.05) is 30.3 Å². The molecule has 0 radical (unpaired) electrons. The molecular formula is C23H33N7O6. The number of nitrogens with zero attached hydrogens (tertiary/aromatic N) is 2. The fourth-order valence-corrected chi connectivity index (χ4v) is 3.50. The van der Waals surface area contributed by atoms with Crippen LogP contribution in [0.3, 0.4) is 0 Å². The van der Waals surface area contributed by atoms with Crippen LogP contribution < -0.4 is 27.8 Å². The zero-order valence-electron chi connectivity index (χ0n) is 19.9. The number of benzene rings is 1. The number of aryl methyl sites for hydroxylation is 2. The quantitative estimate of drug-likeness (QED) is 0.0923. The van der Waals surface area contributed by atoms with Crippen molar-refractivity contribution in [2.75, 3.05) is 13.1 Å². The van der Waals surface area contributed by atoms with Gasteiger partial charge in [0, 0.05) is 13.1 Å². The number of aromatic nitrogens is 2. The third kappa shape index (κ3) is 9.52. The van der Waals surface area contributed by atoms with Crippen molar-refractivity contribution in [2.24, 2.45) is 16.5 Å². The number of unbranched alkanes of at least 4 members (excludes halogenated alkanes) is 1. The highest BCUT2D eigenvalue weighted by Gasteiger charge is 2.24. The second-order valence-electron chi connectivity index (χ2n) is 8.18. The minimum atomic E-state index is -1.33. The first-order valence-corrected chi connectivity index (χ1v) is 11.6. The summed E-state index contributed by atoms with van der Waals surface area (Å²) < 4.78 is 0.796. The van der Waals surface area contributed by atoms with Crippen LogP contribution in [-0.2, 0) is 33.8 Å². The lowest BCUT2D eigenvalue weighted by atomic mass is 10.1. The van der Waals surface area contributed by atoms with Gasteiger partial charge in [0.05, 0.1) is 12.1 Å². The first-order chi connectivity index (χ1) is 17.2. The summed E-state index contributed by atoms with van der Waals surface area (Å²) in [7, 11) is 0. The Morgan fingerprint density at radius 1 is 1.08 bits per heavy atom. The van der Waals surface area contributed by atoms with Crippen LogP contribution in [0.2, 0.25) is 0 Å². The summed E-state index contributed by atoms with van der Waals surface area (Å²) in [5.74, 6) is -3.23. The van der Waals surface area contributed by atoms with Crippen LogP contribution in [0.25, 0.3) is 0 Å². The summed E-state index contributed by atoms with van der Waals surface area (Å²) in [5.41, 5.74) is 11.1. The number of nitrogens with one attached hydrogen (secondary N) is 3. The number of carboxylic acid groups (broad SMARTS) is 1. The number of aromatic amines is 1. The van der Waals surface area contributed by atoms with E-state index < -0.39 is 48.4 Å². The van der Waals surface area contributed by atoms with Crippen LogP contribution in [0.5, 0.6) is 5.88 Å². The van der Waals surface area contributed by atoms with E-state index in [2.05, 4.69) is 20.6 Å². The molecule has 2 aromatic rings. The monoisotopic (exact) mass is 503 g/mol. The molecule has 1 atom stereocenters. The van der Waals surface area contributed by atoms with Crippen molar-refractivity contribution in [3.8, 4) is 5.88 Å². The van der Waals surface area contributed by atoms with Gasteiger partial charge in [0.25, 0.3) is 0 Å². The molecule has 0 aliphatic carbocycles. The Balaban J connectivity index is 1.87. The molecule has 2 rings (SSSR count). The summed E-state index contributed by atoms with van der Waals surface area (Å²) in [5, 5.41) is 24.4. The van der Waals surface area contributed by atoms with E-state index in [4.69, 9.17) is 16.6 Å². The molecule has 196 valence electrons. The molecule has 13 heteroatoms. The Kier molecular flexibility index (Phi) is 11.0. The molecule has 1 aromatic carbocycles. The molecule has 36 heavy (non-hydrogen) atoms. The van der Waals surface area contributed by atoms with Crippen LogP contribution in [0.1, 0.15) is 36.9 Å². The second-order valence-corrected chi connectivity index (χ2v) is 8.18. The van der Waals surface area contributed by atoms with Gasteiger partial charge in [-0.05, 0) is 37.7 Å². The molecule has 2 amide bonds. The van der Waals surface area contributed by atoms with Gasteiger partial charge in [-0.3, -0.25) is 23.9 Å². The normalized spacial score (nSPS) is 11.4. The largest absolute Gasteiger partial charge is 0.493 e. The molecule has 0 spiro atoms. The van der Waals surface area contributed by atoms with Gasteiger partial charge in [-0.15, -0.1) is 0 Å². The van der Waals surface area contributed by atoms with E-state index in [1.165, 1.54) is 5.56 Å². The number of amides is 2. The minimum Gasteiger partial charge on any atom is -0.493 e. The summed E-state index contributed by atoms with van der Waals surface area (Å²) in [6.45, 7) is 0.00216. The van der Waals surface area contributed by atoms with Gasteiger partial charge in [0.15, 0.2) is 5.96 Å². The average Bonchev–Trinajstić information content (AvgIpc) is 3.08. The highest BCUT2D eigenvalue weighted by atomic mass is 16.4. The SMILES string of the molecule is NC(N)=NCCCc1[nH]c(=O)n(CC(=O)N[C@@H](CC(=O)O)C(=O)NCCCCc2ccccc2)c1O. The highest BCUT2D eigenvalue weighted by Crippen LogP contribution is 2.14. The lowest BCUT2D eigenvalue weighted by molar-refractivity contribution is -0.140. The number of hydrogen-bond donors (Lipinski definition) is 7. The summed E-state index contributed by atoms with van der Waals surface area (Å²) in [4.78, 5) is 54.6. The maximum Gasteiger partial charge on any atom is 0.329 e. The zero-order chi connectivity index (χ0) is 26.5. The van der Waals surface area contributed by atoms with Gasteiger partial charge in [-0.1, -0.05) is 30.3 Å². The smallest absolute Gasteiger partial charge is 0.329 e. The van der Waals surface area contributed by atoms with Gasteiger partial charge >= 0.3 is 11.7 Å².